The van der Waals surface area contributed by atoms with Gasteiger partial charge in [0.25, 0.3) is 0 Å². The number of amides is 1. The predicted molar refractivity (Wildman–Crippen MR) is 131 cm³/mol. The first kappa shape index (κ1) is 22.3. The van der Waals surface area contributed by atoms with Crippen LogP contribution in [0.5, 0.6) is 0 Å². The van der Waals surface area contributed by atoms with Crippen molar-refractivity contribution in [2.24, 2.45) is 0 Å². The third-order valence-electron chi connectivity index (χ3n) is 6.44. The van der Waals surface area contributed by atoms with Gasteiger partial charge in [-0.2, -0.15) is 5.10 Å². The number of carbonyl (C=O) groups is 1. The van der Waals surface area contributed by atoms with Crippen molar-refractivity contribution in [1.29, 1.82) is 0 Å². The minimum absolute atomic E-state index is 0.0508. The number of hydrogen-bond donors (Lipinski definition) is 1. The zero-order chi connectivity index (χ0) is 23.2. The highest BCUT2D eigenvalue weighted by Crippen LogP contribution is 2.32. The molecule has 176 valence electrons. The van der Waals surface area contributed by atoms with Crippen LogP contribution >= 0.6 is 11.3 Å². The van der Waals surface area contributed by atoms with E-state index in [9.17, 15) is 13.2 Å². The number of nitrogens with zero attached hydrogens (tertiary/aromatic N) is 5. The van der Waals surface area contributed by atoms with Crippen LogP contribution < -0.4 is 10.2 Å². The first-order valence-corrected chi connectivity index (χ1v) is 13.8. The van der Waals surface area contributed by atoms with Gasteiger partial charge in [-0.3, -0.25) is 14.4 Å². The molecule has 2 aliphatic rings. The minimum atomic E-state index is -2.96. The predicted octanol–water partition coefficient (Wildman–Crippen LogP) is 2.23. The molecule has 1 atom stereocenters. The van der Waals surface area contributed by atoms with E-state index in [4.69, 9.17) is 5.10 Å². The molecule has 0 spiro atoms. The van der Waals surface area contributed by atoms with Gasteiger partial charge in [0, 0.05) is 26.2 Å². The number of para-hydroxylation sites is 1. The van der Waals surface area contributed by atoms with Gasteiger partial charge in [0.2, 0.25) is 5.91 Å². The van der Waals surface area contributed by atoms with Gasteiger partial charge in [0.05, 0.1) is 51.4 Å². The van der Waals surface area contributed by atoms with Crippen molar-refractivity contribution in [3.05, 3.63) is 35.7 Å². The molecule has 0 aliphatic carbocycles. The number of aryl methyl sites for hydroxylation is 1. The molecule has 1 N–H and O–H groups in total. The van der Waals surface area contributed by atoms with Crippen molar-refractivity contribution < 1.29 is 13.2 Å². The maximum Gasteiger partial charge on any atom is 0.240 e. The van der Waals surface area contributed by atoms with Gasteiger partial charge in [-0.05, 0) is 32.4 Å². The summed E-state index contributed by atoms with van der Waals surface area (Å²) in [5, 5.41) is 8.26. The molecular formula is C22H28N6O3S2. The summed E-state index contributed by atoms with van der Waals surface area (Å²) < 4.78 is 26.8. The van der Waals surface area contributed by atoms with E-state index in [1.807, 2.05) is 42.8 Å². The highest BCUT2D eigenvalue weighted by Gasteiger charge is 2.32. The Labute approximate surface area is 197 Å². The summed E-state index contributed by atoms with van der Waals surface area (Å²) in [6.07, 6.45) is 0.626. The summed E-state index contributed by atoms with van der Waals surface area (Å²) in [6.45, 7) is 7.49. The smallest absolute Gasteiger partial charge is 0.240 e. The van der Waals surface area contributed by atoms with E-state index in [1.165, 1.54) is 11.3 Å². The number of piperazine rings is 1. The fourth-order valence-electron chi connectivity index (χ4n) is 4.85. The highest BCUT2D eigenvalue weighted by atomic mass is 32.2. The van der Waals surface area contributed by atoms with Crippen molar-refractivity contribution in [3.63, 3.8) is 0 Å². The number of aromatic nitrogens is 3. The van der Waals surface area contributed by atoms with Crippen molar-refractivity contribution in [1.82, 2.24) is 19.7 Å². The molecule has 5 rings (SSSR count). The van der Waals surface area contributed by atoms with Gasteiger partial charge in [-0.25, -0.2) is 13.4 Å². The third kappa shape index (κ3) is 4.62. The maximum atomic E-state index is 12.6. The number of carbonyl (C=O) groups excluding carboxylic acids is 1. The Kier molecular flexibility index (Phi) is 5.87. The lowest BCUT2D eigenvalue weighted by Crippen LogP contribution is -2.49. The molecule has 9 nitrogen and oxygen atoms in total. The summed E-state index contributed by atoms with van der Waals surface area (Å²) >= 11 is 1.48. The Morgan fingerprint density at radius 3 is 2.64 bits per heavy atom. The number of nitrogens with one attached hydrogen (secondary N) is 1. The van der Waals surface area contributed by atoms with Gasteiger partial charge >= 0.3 is 0 Å². The molecule has 0 saturated carbocycles. The van der Waals surface area contributed by atoms with E-state index in [1.54, 1.807) is 0 Å². The molecule has 4 heterocycles. The first-order chi connectivity index (χ1) is 15.8. The lowest BCUT2D eigenvalue weighted by atomic mass is 10.2. The number of fused-ring (bicyclic) bond motifs is 1. The van der Waals surface area contributed by atoms with Gasteiger partial charge in [0.15, 0.2) is 15.0 Å². The third-order valence-corrected chi connectivity index (χ3v) is 9.14. The quantitative estimate of drug-likeness (QED) is 0.588. The number of benzene rings is 1. The standard InChI is InChI=1S/C22H28N6O3S2/c1-15-21(16(2)28(25-15)17-7-12-33(30,31)14-17)27-10-8-26(9-11-27)13-20(29)24-22-23-18-5-3-4-6-19(18)32-22/h3-6,17H,7-14H2,1-2H3,(H,23,24,29). The second-order valence-electron chi connectivity index (χ2n) is 8.82. The normalized spacial score (nSPS) is 21.0. The highest BCUT2D eigenvalue weighted by molar-refractivity contribution is 7.91. The molecule has 1 amide bonds. The minimum Gasteiger partial charge on any atom is -0.366 e. The largest absolute Gasteiger partial charge is 0.366 e. The second kappa shape index (κ2) is 8.69. The van der Waals surface area contributed by atoms with Crippen molar-refractivity contribution in [2.45, 2.75) is 26.3 Å². The molecular weight excluding hydrogens is 460 g/mol. The van der Waals surface area contributed by atoms with Crippen molar-refractivity contribution >= 4 is 48.1 Å². The lowest BCUT2D eigenvalue weighted by molar-refractivity contribution is -0.117. The second-order valence-corrected chi connectivity index (χ2v) is 12.1. The molecule has 3 aromatic rings. The van der Waals surface area contributed by atoms with Crippen molar-refractivity contribution in [3.8, 4) is 0 Å². The van der Waals surface area contributed by atoms with E-state index >= 15 is 0 Å². The molecule has 1 aromatic carbocycles. The number of sulfone groups is 1. The van der Waals surface area contributed by atoms with E-state index < -0.39 is 9.84 Å². The summed E-state index contributed by atoms with van der Waals surface area (Å²) in [7, 11) is -2.96. The van der Waals surface area contributed by atoms with Gasteiger partial charge in [-0.15, -0.1) is 0 Å². The Morgan fingerprint density at radius 2 is 1.94 bits per heavy atom. The van der Waals surface area contributed by atoms with E-state index in [2.05, 4.69) is 20.1 Å². The van der Waals surface area contributed by atoms with Gasteiger partial charge in [0.1, 0.15) is 0 Å². The van der Waals surface area contributed by atoms with Crippen LogP contribution in [0.3, 0.4) is 0 Å². The number of thiazole rings is 1. The molecule has 2 aromatic heterocycles. The van der Waals surface area contributed by atoms with E-state index in [0.29, 0.717) is 18.1 Å². The zero-order valence-electron chi connectivity index (χ0n) is 18.8. The molecule has 0 radical (unpaired) electrons. The summed E-state index contributed by atoms with van der Waals surface area (Å²) in [5.74, 6) is 0.361. The Balaban J connectivity index is 1.18. The average molecular weight is 489 g/mol. The first-order valence-electron chi connectivity index (χ1n) is 11.2. The monoisotopic (exact) mass is 488 g/mol. The van der Waals surface area contributed by atoms with Crippen LogP contribution in [0.4, 0.5) is 10.8 Å². The van der Waals surface area contributed by atoms with Crippen LogP contribution in [0.2, 0.25) is 0 Å². The van der Waals surface area contributed by atoms with Crippen molar-refractivity contribution in [2.75, 3.05) is 54.4 Å². The maximum absolute atomic E-state index is 12.6. The average Bonchev–Trinajstić information content (AvgIpc) is 3.43. The number of anilines is 2. The summed E-state index contributed by atoms with van der Waals surface area (Å²) in [5.41, 5.74) is 3.95. The molecule has 1 unspecified atom stereocenters. The molecule has 2 fully saturated rings. The van der Waals surface area contributed by atoms with Crippen LogP contribution in [-0.2, 0) is 14.6 Å². The molecule has 2 saturated heterocycles. The molecule has 11 heteroatoms. The Morgan fingerprint density at radius 1 is 1.18 bits per heavy atom. The van der Waals surface area contributed by atoms with Crippen LogP contribution in [0, 0.1) is 13.8 Å². The number of hydrogen-bond acceptors (Lipinski definition) is 8. The van der Waals surface area contributed by atoms with Crippen LogP contribution in [0.25, 0.3) is 10.2 Å². The summed E-state index contributed by atoms with van der Waals surface area (Å²) in [6, 6.07) is 7.78. The van der Waals surface area contributed by atoms with Gasteiger partial charge < -0.3 is 10.2 Å². The molecule has 0 bridgehead atoms. The molecule has 2 aliphatic heterocycles. The fraction of sp³-hybridized carbons (Fsp3) is 0.500. The SMILES string of the molecule is Cc1nn(C2CCS(=O)(=O)C2)c(C)c1N1CCN(CC(=O)Nc2nc3ccccc3s2)CC1. The Bertz CT molecular complexity index is 1260. The lowest BCUT2D eigenvalue weighted by Gasteiger charge is -2.35. The Hall–Kier alpha value is -2.50. The fourth-order valence-corrected chi connectivity index (χ4v) is 7.43. The van der Waals surface area contributed by atoms with Gasteiger partial charge in [-0.1, -0.05) is 23.5 Å². The van der Waals surface area contributed by atoms with E-state index in [0.717, 1.165) is 53.5 Å². The topological polar surface area (TPSA) is 100 Å². The zero-order valence-corrected chi connectivity index (χ0v) is 20.5. The van der Waals surface area contributed by atoms with Crippen LogP contribution in [0.1, 0.15) is 23.9 Å². The number of rotatable bonds is 5. The van der Waals surface area contributed by atoms with Crippen LogP contribution in [-0.4, -0.2) is 78.2 Å². The van der Waals surface area contributed by atoms with E-state index in [-0.39, 0.29) is 23.5 Å². The molecule has 33 heavy (non-hydrogen) atoms. The van der Waals surface area contributed by atoms with Crippen LogP contribution in [0.15, 0.2) is 24.3 Å². The summed E-state index contributed by atoms with van der Waals surface area (Å²) in [4.78, 5) is 21.5.